The van der Waals surface area contributed by atoms with E-state index in [1.807, 2.05) is 24.8 Å². The number of rotatable bonds is 3. The Hall–Kier alpha value is -2.68. The lowest BCUT2D eigenvalue weighted by Crippen LogP contribution is -1.96. The van der Waals surface area contributed by atoms with Gasteiger partial charge in [-0.3, -0.25) is 9.97 Å². The van der Waals surface area contributed by atoms with E-state index in [0.717, 1.165) is 23.1 Å². The van der Waals surface area contributed by atoms with Gasteiger partial charge in [0.05, 0.1) is 23.4 Å². The van der Waals surface area contributed by atoms with E-state index in [0.29, 0.717) is 5.92 Å². The van der Waals surface area contributed by atoms with Crippen LogP contribution in [0.4, 0.5) is 0 Å². The predicted molar refractivity (Wildman–Crippen MR) is 95.1 cm³/mol. The van der Waals surface area contributed by atoms with Gasteiger partial charge in [-0.05, 0) is 42.2 Å². The molecule has 23 heavy (non-hydrogen) atoms. The van der Waals surface area contributed by atoms with Crippen LogP contribution in [-0.2, 0) is 0 Å². The van der Waals surface area contributed by atoms with Crippen molar-refractivity contribution in [2.24, 2.45) is 0 Å². The van der Waals surface area contributed by atoms with E-state index in [9.17, 15) is 0 Å². The van der Waals surface area contributed by atoms with Crippen LogP contribution < -0.4 is 0 Å². The molecule has 1 unspecified atom stereocenters. The van der Waals surface area contributed by atoms with Gasteiger partial charge in [0, 0.05) is 28.9 Å². The van der Waals surface area contributed by atoms with Gasteiger partial charge < -0.3 is 4.57 Å². The molecule has 114 valence electrons. The fourth-order valence-electron chi connectivity index (χ4n) is 3.18. The first kappa shape index (κ1) is 13.9. The number of hydrogen-bond donors (Lipinski definition) is 0. The first-order chi connectivity index (χ1) is 11.3. The second kappa shape index (κ2) is 5.51. The Bertz CT molecular complexity index is 914. The minimum absolute atomic E-state index is 0.588. The third-order valence-electron chi connectivity index (χ3n) is 4.70. The molecule has 3 nitrogen and oxygen atoms in total. The normalized spacial score (nSPS) is 12.8. The molecule has 0 amide bonds. The van der Waals surface area contributed by atoms with Crippen molar-refractivity contribution in [2.45, 2.75) is 26.2 Å². The van der Waals surface area contributed by atoms with Crippen LogP contribution in [0.2, 0.25) is 0 Å². The molecular formula is C20H19N3. The summed E-state index contributed by atoms with van der Waals surface area (Å²) in [5, 5.41) is 2.42. The fourth-order valence-corrected chi connectivity index (χ4v) is 3.18. The Labute approximate surface area is 135 Å². The summed E-state index contributed by atoms with van der Waals surface area (Å²) in [6.07, 6.45) is 8.70. The molecule has 0 fully saturated rings. The summed E-state index contributed by atoms with van der Waals surface area (Å²) in [6, 6.07) is 13.0. The second-order valence-electron chi connectivity index (χ2n) is 6.02. The summed E-state index contributed by atoms with van der Waals surface area (Å²) in [4.78, 5) is 8.62. The minimum Gasteiger partial charge on any atom is -0.306 e. The molecule has 4 rings (SSSR count). The molecule has 0 saturated heterocycles. The van der Waals surface area contributed by atoms with Gasteiger partial charge in [-0.25, -0.2) is 0 Å². The van der Waals surface area contributed by atoms with Crippen LogP contribution in [0.15, 0.2) is 61.2 Å². The lowest BCUT2D eigenvalue weighted by atomic mass is 9.98. The van der Waals surface area contributed by atoms with Crippen molar-refractivity contribution in [2.75, 3.05) is 0 Å². The summed E-state index contributed by atoms with van der Waals surface area (Å²) in [5.41, 5.74) is 4.77. The van der Waals surface area contributed by atoms with Crippen LogP contribution in [0.25, 0.3) is 27.5 Å². The third-order valence-corrected chi connectivity index (χ3v) is 4.70. The highest BCUT2D eigenvalue weighted by atomic mass is 15.0. The molecule has 3 aromatic heterocycles. The third kappa shape index (κ3) is 2.20. The molecule has 0 N–H and O–H groups in total. The average Bonchev–Trinajstić information content (AvgIpc) is 2.96. The number of pyridine rings is 2. The highest BCUT2D eigenvalue weighted by molar-refractivity contribution is 6.08. The number of nitrogens with zero attached hydrogens (tertiary/aromatic N) is 3. The van der Waals surface area contributed by atoms with Crippen molar-refractivity contribution >= 4 is 21.8 Å². The lowest BCUT2D eigenvalue weighted by molar-refractivity contribution is 0.733. The van der Waals surface area contributed by atoms with Gasteiger partial charge in [-0.2, -0.15) is 0 Å². The quantitative estimate of drug-likeness (QED) is 0.528. The lowest BCUT2D eigenvalue weighted by Gasteiger charge is -2.11. The van der Waals surface area contributed by atoms with Crippen LogP contribution in [0.3, 0.4) is 0 Å². The second-order valence-corrected chi connectivity index (χ2v) is 6.02. The molecule has 0 bridgehead atoms. The Balaban J connectivity index is 1.97. The molecule has 1 atom stereocenters. The van der Waals surface area contributed by atoms with Crippen molar-refractivity contribution in [3.8, 4) is 5.69 Å². The maximum Gasteiger partial charge on any atom is 0.0725 e. The van der Waals surface area contributed by atoms with Crippen LogP contribution in [0.1, 0.15) is 31.7 Å². The highest BCUT2D eigenvalue weighted by Crippen LogP contribution is 2.31. The van der Waals surface area contributed by atoms with Crippen molar-refractivity contribution < 1.29 is 0 Å². The van der Waals surface area contributed by atoms with Gasteiger partial charge in [0.25, 0.3) is 0 Å². The first-order valence-electron chi connectivity index (χ1n) is 8.08. The fraction of sp³-hybridized carbons (Fsp3) is 0.200. The number of hydrogen-bond acceptors (Lipinski definition) is 2. The van der Waals surface area contributed by atoms with Crippen LogP contribution in [-0.4, -0.2) is 14.5 Å². The summed E-state index contributed by atoms with van der Waals surface area (Å²) < 4.78 is 2.24. The molecule has 3 heterocycles. The molecule has 0 radical (unpaired) electrons. The predicted octanol–water partition coefficient (Wildman–Crippen LogP) is 5.09. The Morgan fingerprint density at radius 3 is 1.96 bits per heavy atom. The number of benzene rings is 1. The Morgan fingerprint density at radius 1 is 0.870 bits per heavy atom. The van der Waals surface area contributed by atoms with Crippen molar-refractivity contribution in [3.05, 3.63) is 66.7 Å². The van der Waals surface area contributed by atoms with Gasteiger partial charge in [0.1, 0.15) is 0 Å². The smallest absolute Gasteiger partial charge is 0.0725 e. The maximum absolute atomic E-state index is 4.31. The highest BCUT2D eigenvalue weighted by Gasteiger charge is 2.12. The Morgan fingerprint density at radius 2 is 1.43 bits per heavy atom. The van der Waals surface area contributed by atoms with Crippen molar-refractivity contribution in [3.63, 3.8) is 0 Å². The summed E-state index contributed by atoms with van der Waals surface area (Å²) in [5.74, 6) is 0.588. The van der Waals surface area contributed by atoms with E-state index >= 15 is 0 Å². The molecular weight excluding hydrogens is 282 g/mol. The zero-order valence-electron chi connectivity index (χ0n) is 13.4. The number of aromatic nitrogens is 3. The van der Waals surface area contributed by atoms with Gasteiger partial charge in [0.2, 0.25) is 0 Å². The molecule has 4 aromatic rings. The molecule has 3 heteroatoms. The van der Waals surface area contributed by atoms with Gasteiger partial charge in [0.15, 0.2) is 0 Å². The maximum atomic E-state index is 4.31. The average molecular weight is 301 g/mol. The summed E-state index contributed by atoms with van der Waals surface area (Å²) >= 11 is 0. The molecule has 0 saturated carbocycles. The topological polar surface area (TPSA) is 30.7 Å². The van der Waals surface area contributed by atoms with Gasteiger partial charge in [-0.15, -0.1) is 0 Å². The minimum atomic E-state index is 0.588. The zero-order chi connectivity index (χ0) is 15.8. The zero-order valence-corrected chi connectivity index (χ0v) is 13.4. The van der Waals surface area contributed by atoms with E-state index in [1.54, 1.807) is 0 Å². The standard InChI is InChI=1S/C20H19N3/c1-3-14(2)15-4-6-16(7-5-15)23-19-12-21-10-8-17(19)18-9-11-22-13-20(18)23/h4-14H,3H2,1-2H3. The van der Waals surface area contributed by atoms with Gasteiger partial charge in [-0.1, -0.05) is 26.0 Å². The Kier molecular flexibility index (Phi) is 3.34. The molecule has 1 aromatic carbocycles. The molecule has 0 aliphatic rings. The molecule has 0 aliphatic heterocycles. The SMILES string of the molecule is CCC(C)c1ccc(-n2c3cnccc3c3ccncc32)cc1. The van der Waals surface area contributed by atoms with E-state index in [1.165, 1.54) is 16.3 Å². The van der Waals surface area contributed by atoms with E-state index in [4.69, 9.17) is 0 Å². The first-order valence-corrected chi connectivity index (χ1v) is 8.08. The van der Waals surface area contributed by atoms with Crippen molar-refractivity contribution in [1.29, 1.82) is 0 Å². The van der Waals surface area contributed by atoms with Crippen LogP contribution >= 0.6 is 0 Å². The van der Waals surface area contributed by atoms with E-state index in [2.05, 4.69) is 64.8 Å². The molecule has 0 aliphatic carbocycles. The monoisotopic (exact) mass is 301 g/mol. The van der Waals surface area contributed by atoms with Gasteiger partial charge >= 0.3 is 0 Å². The van der Waals surface area contributed by atoms with E-state index in [-0.39, 0.29) is 0 Å². The van der Waals surface area contributed by atoms with Crippen molar-refractivity contribution in [1.82, 2.24) is 14.5 Å². The van der Waals surface area contributed by atoms with E-state index < -0.39 is 0 Å². The largest absolute Gasteiger partial charge is 0.306 e. The summed E-state index contributed by atoms with van der Waals surface area (Å²) in [6.45, 7) is 4.49. The number of fused-ring (bicyclic) bond motifs is 3. The van der Waals surface area contributed by atoms with Crippen LogP contribution in [0.5, 0.6) is 0 Å². The molecule has 0 spiro atoms. The summed E-state index contributed by atoms with van der Waals surface area (Å²) in [7, 11) is 0. The van der Waals surface area contributed by atoms with Crippen LogP contribution in [0, 0.1) is 0 Å².